The number of benzene rings is 1. The zero-order valence-corrected chi connectivity index (χ0v) is 20.3. The average molecular weight is 556 g/mol. The lowest BCUT2D eigenvalue weighted by molar-refractivity contribution is -0.280. The van der Waals surface area contributed by atoms with Crippen LogP contribution in [0.4, 0.5) is 32.0 Å². The number of nitrogens with two attached hydrogens (primary N) is 1. The number of fused-ring (bicyclic) bond motifs is 5. The first-order valence-electron chi connectivity index (χ1n) is 11.7. The van der Waals surface area contributed by atoms with Gasteiger partial charge in [-0.25, -0.2) is 4.98 Å². The fraction of sp³-hybridized carbons (Fsp3) is 0.360. The number of nitrogens with zero attached hydrogens (tertiary/aromatic N) is 3. The van der Waals surface area contributed by atoms with E-state index in [0.717, 1.165) is 0 Å². The molecule has 4 rings (SSSR count). The summed E-state index contributed by atoms with van der Waals surface area (Å²) in [6, 6.07) is 8.29. The van der Waals surface area contributed by atoms with Gasteiger partial charge in [0.15, 0.2) is 5.69 Å². The van der Waals surface area contributed by atoms with Gasteiger partial charge in [0.25, 0.3) is 11.8 Å². The van der Waals surface area contributed by atoms with E-state index in [9.17, 15) is 31.1 Å². The van der Waals surface area contributed by atoms with Crippen LogP contribution in [-0.4, -0.2) is 33.2 Å². The number of ether oxygens (including phenoxy) is 2. The van der Waals surface area contributed by atoms with Crippen molar-refractivity contribution in [1.29, 1.82) is 0 Å². The van der Waals surface area contributed by atoms with Crippen LogP contribution < -0.4 is 10.5 Å². The topological polar surface area (TPSA) is 113 Å². The van der Waals surface area contributed by atoms with Crippen molar-refractivity contribution in [2.45, 2.75) is 56.9 Å². The number of pyridine rings is 1. The van der Waals surface area contributed by atoms with Crippen LogP contribution in [-0.2, 0) is 27.9 Å². The molecule has 3 heterocycles. The Morgan fingerprint density at radius 3 is 2.51 bits per heavy atom. The number of anilines is 1. The number of carbonyl (C=O) groups is 1. The summed E-state index contributed by atoms with van der Waals surface area (Å²) in [5, 5.41) is 6.93. The van der Waals surface area contributed by atoms with Crippen LogP contribution in [0.25, 0.3) is 11.6 Å². The van der Waals surface area contributed by atoms with Crippen molar-refractivity contribution in [3.05, 3.63) is 65.6 Å². The Morgan fingerprint density at radius 2 is 1.85 bits per heavy atom. The van der Waals surface area contributed by atoms with Crippen LogP contribution in [0.1, 0.15) is 43.2 Å². The Balaban J connectivity index is 1.90. The highest BCUT2D eigenvalue weighted by atomic mass is 19.4. The number of nitrogen functional groups attached to an aromatic ring is 1. The fourth-order valence-corrected chi connectivity index (χ4v) is 3.86. The first-order chi connectivity index (χ1) is 18.3. The van der Waals surface area contributed by atoms with Gasteiger partial charge in [0.1, 0.15) is 5.56 Å². The largest absolute Gasteiger partial charge is 0.474 e. The van der Waals surface area contributed by atoms with Crippen molar-refractivity contribution >= 4 is 11.5 Å². The number of hydrogen-bond acceptors (Lipinski definition) is 8. The van der Waals surface area contributed by atoms with Crippen molar-refractivity contribution in [1.82, 2.24) is 15.2 Å². The highest BCUT2D eigenvalue weighted by Gasteiger charge is 2.66. The summed E-state index contributed by atoms with van der Waals surface area (Å²) in [6.07, 6.45) is -8.54. The molecule has 39 heavy (non-hydrogen) atoms. The van der Waals surface area contributed by atoms with E-state index in [2.05, 4.69) is 15.2 Å². The third-order valence-corrected chi connectivity index (χ3v) is 5.86. The Labute approximate surface area is 217 Å². The minimum absolute atomic E-state index is 0.119. The van der Waals surface area contributed by atoms with Crippen molar-refractivity contribution in [3.8, 4) is 17.5 Å². The normalized spacial score (nSPS) is 21.5. The quantitative estimate of drug-likeness (QED) is 0.404. The van der Waals surface area contributed by atoms with Crippen molar-refractivity contribution < 1.29 is 45.0 Å². The molecule has 4 bridgehead atoms. The Kier molecular flexibility index (Phi) is 7.68. The molecule has 0 saturated heterocycles. The summed E-state index contributed by atoms with van der Waals surface area (Å²) < 4.78 is 101. The maximum atomic E-state index is 14.7. The van der Waals surface area contributed by atoms with Gasteiger partial charge in [0.2, 0.25) is 11.7 Å². The van der Waals surface area contributed by atoms with Crippen LogP contribution in [0.5, 0.6) is 5.88 Å². The summed E-state index contributed by atoms with van der Waals surface area (Å²) in [6.45, 7) is 0.843. The maximum absolute atomic E-state index is 14.7. The second-order valence-corrected chi connectivity index (χ2v) is 8.77. The van der Waals surface area contributed by atoms with Gasteiger partial charge < -0.3 is 19.6 Å². The van der Waals surface area contributed by atoms with Crippen LogP contribution in [0.15, 0.2) is 53.0 Å². The number of ketones is 1. The molecule has 0 spiro atoms. The number of carbonyl (C=O) groups excluding carboxylic acids is 1. The molecule has 0 radical (unpaired) electrons. The third-order valence-electron chi connectivity index (χ3n) is 5.86. The van der Waals surface area contributed by atoms with E-state index in [1.165, 1.54) is 25.1 Å². The maximum Gasteiger partial charge on any atom is 0.434 e. The second kappa shape index (κ2) is 10.7. The molecule has 1 unspecified atom stereocenters. The molecule has 2 N–H and O–H groups in total. The summed E-state index contributed by atoms with van der Waals surface area (Å²) in [4.78, 5) is 16.9. The molecule has 3 aromatic rings. The van der Waals surface area contributed by atoms with Gasteiger partial charge in [-0.3, -0.25) is 4.79 Å². The van der Waals surface area contributed by atoms with Crippen LogP contribution in [0.3, 0.4) is 0 Å². The van der Waals surface area contributed by atoms with E-state index >= 15 is 0 Å². The zero-order chi connectivity index (χ0) is 28.4. The highest BCUT2D eigenvalue weighted by Crippen LogP contribution is 2.45. The van der Waals surface area contributed by atoms with Crippen molar-refractivity contribution in [2.24, 2.45) is 0 Å². The molecule has 0 saturated carbocycles. The molecular formula is C25H22F6N4O4. The van der Waals surface area contributed by atoms with Gasteiger partial charge in [-0.1, -0.05) is 36.4 Å². The molecule has 2 atom stereocenters. The predicted octanol–water partition coefficient (Wildman–Crippen LogP) is 5.78. The summed E-state index contributed by atoms with van der Waals surface area (Å²) >= 11 is 0. The van der Waals surface area contributed by atoms with Crippen molar-refractivity contribution in [2.75, 3.05) is 5.73 Å². The van der Waals surface area contributed by atoms with Gasteiger partial charge in [-0.15, -0.1) is 10.2 Å². The van der Waals surface area contributed by atoms with Gasteiger partial charge >= 0.3 is 18.0 Å². The summed E-state index contributed by atoms with van der Waals surface area (Å²) in [7, 11) is 0. The summed E-state index contributed by atoms with van der Waals surface area (Å²) in [5.41, 5.74) is -0.0969. The SMILES string of the molecule is C[C@@H]1CCC/C=C/C(=O)C(OCc2ccccc2)(C(F)(F)F)c2nnc(o2)-c2nc(c(C(F)(F)F)cc2N)O1. The lowest BCUT2D eigenvalue weighted by atomic mass is 9.95. The van der Waals surface area contributed by atoms with E-state index in [1.807, 2.05) is 0 Å². The molecule has 1 aromatic carbocycles. The molecule has 1 aliphatic rings. The number of rotatable bonds is 3. The minimum atomic E-state index is -5.39. The third kappa shape index (κ3) is 5.75. The first kappa shape index (κ1) is 28.1. The molecule has 2 aromatic heterocycles. The molecule has 0 amide bonds. The Hall–Kier alpha value is -3.94. The monoisotopic (exact) mass is 556 g/mol. The van der Waals surface area contributed by atoms with Gasteiger partial charge in [0, 0.05) is 0 Å². The average Bonchev–Trinajstić information content (AvgIpc) is 3.33. The molecule has 0 aliphatic carbocycles. The first-order valence-corrected chi connectivity index (χ1v) is 11.7. The van der Waals surface area contributed by atoms with E-state index in [1.54, 1.807) is 18.2 Å². The van der Waals surface area contributed by atoms with Gasteiger partial charge in [-0.2, -0.15) is 26.3 Å². The summed E-state index contributed by atoms with van der Waals surface area (Å²) in [5.74, 6) is -4.45. The molecule has 1 aliphatic heterocycles. The smallest absolute Gasteiger partial charge is 0.434 e. The lowest BCUT2D eigenvalue weighted by Crippen LogP contribution is -2.51. The molecular weight excluding hydrogens is 534 g/mol. The molecule has 14 heteroatoms. The predicted molar refractivity (Wildman–Crippen MR) is 124 cm³/mol. The number of hydrogen-bond donors (Lipinski definition) is 1. The Morgan fingerprint density at radius 1 is 1.13 bits per heavy atom. The van der Waals surface area contributed by atoms with Crippen molar-refractivity contribution in [3.63, 3.8) is 0 Å². The van der Waals surface area contributed by atoms with Gasteiger partial charge in [-0.05, 0) is 43.9 Å². The molecule has 208 valence electrons. The van der Waals surface area contributed by atoms with Crippen LogP contribution in [0, 0.1) is 0 Å². The standard InChI is InChI=1S/C25H22F6N4O4/c1-14-8-4-2-7-11-18(36)23(25(29,30)31,37-13-15-9-5-3-6-10-15)22-35-34-21(39-22)19-17(32)12-16(24(26,27)28)20(33-19)38-14/h3,5-7,9-12,14H,2,4,8,13,32H2,1H3/b11-7+/t14-,23?/m1/s1. The van der Waals surface area contributed by atoms with E-state index in [4.69, 9.17) is 19.6 Å². The van der Waals surface area contributed by atoms with Crippen LogP contribution in [0.2, 0.25) is 0 Å². The lowest BCUT2D eigenvalue weighted by Gasteiger charge is -2.30. The van der Waals surface area contributed by atoms with E-state index in [0.29, 0.717) is 17.7 Å². The molecule has 0 fully saturated rings. The van der Waals surface area contributed by atoms with Gasteiger partial charge in [0.05, 0.1) is 18.4 Å². The van der Waals surface area contributed by atoms with E-state index in [-0.39, 0.29) is 19.3 Å². The highest BCUT2D eigenvalue weighted by molar-refractivity contribution is 5.98. The number of allylic oxidation sites excluding steroid dienone is 1. The number of halogens is 6. The molecule has 8 nitrogen and oxygen atoms in total. The van der Waals surface area contributed by atoms with E-state index < -0.39 is 71.1 Å². The number of aromatic nitrogens is 3. The Bertz CT molecular complexity index is 1360. The minimum Gasteiger partial charge on any atom is -0.474 e. The van der Waals surface area contributed by atoms with Crippen LogP contribution >= 0.6 is 0 Å². The second-order valence-electron chi connectivity index (χ2n) is 8.77. The number of alkyl halides is 6. The zero-order valence-electron chi connectivity index (χ0n) is 20.3. The fourth-order valence-electron chi connectivity index (χ4n) is 3.86.